The molecular formula is C14H20N2O. The van der Waals surface area contributed by atoms with E-state index in [4.69, 9.17) is 0 Å². The minimum Gasteiger partial charge on any atom is -0.355 e. The normalized spacial score (nSPS) is 21.1. The number of nitrogens with one attached hydrogen (secondary N) is 1. The van der Waals surface area contributed by atoms with Crippen molar-refractivity contribution in [2.24, 2.45) is 0 Å². The van der Waals surface area contributed by atoms with E-state index in [9.17, 15) is 4.79 Å². The van der Waals surface area contributed by atoms with Crippen LogP contribution in [0.1, 0.15) is 24.8 Å². The highest BCUT2D eigenvalue weighted by Gasteiger charge is 2.24. The number of carbonyl (C=O) groups excluding carboxylic acids is 1. The van der Waals surface area contributed by atoms with Gasteiger partial charge in [-0.2, -0.15) is 0 Å². The first-order chi connectivity index (χ1) is 8.27. The van der Waals surface area contributed by atoms with Crippen LogP contribution < -0.4 is 5.32 Å². The van der Waals surface area contributed by atoms with Gasteiger partial charge in [-0.1, -0.05) is 30.3 Å². The van der Waals surface area contributed by atoms with Gasteiger partial charge in [0.2, 0.25) is 5.91 Å². The maximum atomic E-state index is 11.9. The number of hydrogen-bond acceptors (Lipinski definition) is 2. The van der Waals surface area contributed by atoms with E-state index in [1.165, 1.54) is 5.56 Å². The van der Waals surface area contributed by atoms with Crippen molar-refractivity contribution in [1.29, 1.82) is 0 Å². The van der Waals surface area contributed by atoms with Crippen LogP contribution in [0.15, 0.2) is 30.3 Å². The van der Waals surface area contributed by atoms with Gasteiger partial charge in [-0.3, -0.25) is 9.69 Å². The van der Waals surface area contributed by atoms with E-state index in [2.05, 4.69) is 22.3 Å². The molecule has 1 fully saturated rings. The van der Waals surface area contributed by atoms with Crippen LogP contribution >= 0.6 is 0 Å². The molecule has 0 radical (unpaired) electrons. The van der Waals surface area contributed by atoms with Gasteiger partial charge in [-0.25, -0.2) is 0 Å². The van der Waals surface area contributed by atoms with E-state index < -0.39 is 0 Å². The Kier molecular flexibility index (Phi) is 4.15. The van der Waals surface area contributed by atoms with Crippen LogP contribution in [-0.2, 0) is 11.3 Å². The molecule has 0 aromatic heterocycles. The maximum absolute atomic E-state index is 11.9. The highest BCUT2D eigenvalue weighted by molar-refractivity contribution is 5.81. The quantitative estimate of drug-likeness (QED) is 0.861. The molecule has 92 valence electrons. The van der Waals surface area contributed by atoms with Crippen molar-refractivity contribution < 1.29 is 4.79 Å². The lowest BCUT2D eigenvalue weighted by Crippen LogP contribution is -2.43. The summed E-state index contributed by atoms with van der Waals surface area (Å²) >= 11 is 0. The third-order valence-corrected chi connectivity index (χ3v) is 3.31. The summed E-state index contributed by atoms with van der Waals surface area (Å²) in [6.07, 6.45) is 3.19. The zero-order valence-corrected chi connectivity index (χ0v) is 10.4. The summed E-state index contributed by atoms with van der Waals surface area (Å²) in [5.41, 5.74) is 1.26. The van der Waals surface area contributed by atoms with Crippen molar-refractivity contribution in [3.63, 3.8) is 0 Å². The topological polar surface area (TPSA) is 32.3 Å². The minimum absolute atomic E-state index is 0.0257. The highest BCUT2D eigenvalue weighted by Crippen LogP contribution is 2.13. The monoisotopic (exact) mass is 232 g/mol. The molecule has 1 aliphatic rings. The third-order valence-electron chi connectivity index (χ3n) is 3.31. The molecule has 0 aliphatic carbocycles. The van der Waals surface area contributed by atoms with Crippen molar-refractivity contribution in [2.45, 2.75) is 31.8 Å². The summed E-state index contributed by atoms with van der Waals surface area (Å²) in [6, 6.07) is 10.3. The van der Waals surface area contributed by atoms with Gasteiger partial charge in [-0.05, 0) is 31.9 Å². The molecule has 2 rings (SSSR count). The van der Waals surface area contributed by atoms with Crippen LogP contribution in [0, 0.1) is 0 Å². The lowest BCUT2D eigenvalue weighted by molar-refractivity contribution is -0.125. The van der Waals surface area contributed by atoms with Crippen LogP contribution in [0.2, 0.25) is 0 Å². The number of carbonyl (C=O) groups is 1. The number of likely N-dealkylation sites (N-methyl/N-ethyl adjacent to an activating group) is 1. The van der Waals surface area contributed by atoms with E-state index in [0.717, 1.165) is 32.4 Å². The van der Waals surface area contributed by atoms with Gasteiger partial charge in [0.1, 0.15) is 0 Å². The minimum atomic E-state index is 0.0257. The Hall–Kier alpha value is -1.35. The summed E-state index contributed by atoms with van der Waals surface area (Å²) < 4.78 is 0. The molecule has 1 aliphatic heterocycles. The van der Waals surface area contributed by atoms with E-state index in [0.29, 0.717) is 0 Å². The first-order valence-electron chi connectivity index (χ1n) is 6.29. The number of benzene rings is 1. The number of amides is 1. The van der Waals surface area contributed by atoms with Crippen LogP contribution in [0.5, 0.6) is 0 Å². The molecule has 1 saturated heterocycles. The molecule has 1 aromatic rings. The number of hydrogen-bond donors (Lipinski definition) is 1. The Morgan fingerprint density at radius 1 is 1.29 bits per heavy atom. The van der Waals surface area contributed by atoms with Gasteiger partial charge < -0.3 is 5.32 Å². The first kappa shape index (κ1) is 12.1. The molecular weight excluding hydrogens is 212 g/mol. The lowest BCUT2D eigenvalue weighted by Gasteiger charge is -2.25. The second-order valence-electron chi connectivity index (χ2n) is 4.70. The average Bonchev–Trinajstić information content (AvgIpc) is 2.55. The van der Waals surface area contributed by atoms with Crippen molar-refractivity contribution >= 4 is 5.91 Å². The highest BCUT2D eigenvalue weighted by atomic mass is 16.2. The van der Waals surface area contributed by atoms with Crippen molar-refractivity contribution in [3.8, 4) is 0 Å². The SMILES string of the molecule is CN(Cc1ccccc1)C1CCCCNC1=O. The molecule has 1 atom stereocenters. The summed E-state index contributed by atoms with van der Waals surface area (Å²) in [7, 11) is 2.03. The molecule has 3 nitrogen and oxygen atoms in total. The molecule has 3 heteroatoms. The fraction of sp³-hybridized carbons (Fsp3) is 0.500. The van der Waals surface area contributed by atoms with Crippen LogP contribution in [-0.4, -0.2) is 30.4 Å². The molecule has 1 unspecified atom stereocenters. The van der Waals surface area contributed by atoms with E-state index >= 15 is 0 Å². The second-order valence-corrected chi connectivity index (χ2v) is 4.70. The Morgan fingerprint density at radius 2 is 2.06 bits per heavy atom. The standard InChI is InChI=1S/C14H20N2O/c1-16(11-12-7-3-2-4-8-12)13-9-5-6-10-15-14(13)17/h2-4,7-8,13H,5-6,9-11H2,1H3,(H,15,17). The zero-order valence-electron chi connectivity index (χ0n) is 10.4. The van der Waals surface area contributed by atoms with E-state index in [1.807, 2.05) is 25.2 Å². The first-order valence-corrected chi connectivity index (χ1v) is 6.29. The van der Waals surface area contributed by atoms with E-state index in [-0.39, 0.29) is 11.9 Å². The Morgan fingerprint density at radius 3 is 2.82 bits per heavy atom. The fourth-order valence-electron chi connectivity index (χ4n) is 2.33. The Balaban J connectivity index is 1.98. The van der Waals surface area contributed by atoms with Crippen LogP contribution in [0.25, 0.3) is 0 Å². The predicted molar refractivity (Wildman–Crippen MR) is 68.6 cm³/mol. The van der Waals surface area contributed by atoms with E-state index in [1.54, 1.807) is 0 Å². The largest absolute Gasteiger partial charge is 0.355 e. The van der Waals surface area contributed by atoms with Crippen LogP contribution in [0.4, 0.5) is 0 Å². The summed E-state index contributed by atoms with van der Waals surface area (Å²) in [5, 5.41) is 2.98. The summed E-state index contributed by atoms with van der Waals surface area (Å²) in [4.78, 5) is 14.0. The second kappa shape index (κ2) is 5.82. The van der Waals surface area contributed by atoms with Crippen molar-refractivity contribution in [1.82, 2.24) is 10.2 Å². The smallest absolute Gasteiger partial charge is 0.237 e. The lowest BCUT2D eigenvalue weighted by atomic mass is 10.1. The van der Waals surface area contributed by atoms with Gasteiger partial charge in [0.05, 0.1) is 6.04 Å². The number of rotatable bonds is 3. The van der Waals surface area contributed by atoms with Crippen molar-refractivity contribution in [3.05, 3.63) is 35.9 Å². The molecule has 1 amide bonds. The van der Waals surface area contributed by atoms with Gasteiger partial charge in [0.15, 0.2) is 0 Å². The molecule has 1 N–H and O–H groups in total. The molecule has 0 saturated carbocycles. The van der Waals surface area contributed by atoms with Gasteiger partial charge in [0, 0.05) is 13.1 Å². The molecule has 0 bridgehead atoms. The Labute approximate surface area is 103 Å². The average molecular weight is 232 g/mol. The van der Waals surface area contributed by atoms with Gasteiger partial charge in [0.25, 0.3) is 0 Å². The van der Waals surface area contributed by atoms with Crippen molar-refractivity contribution in [2.75, 3.05) is 13.6 Å². The third kappa shape index (κ3) is 3.30. The van der Waals surface area contributed by atoms with Crippen LogP contribution in [0.3, 0.4) is 0 Å². The van der Waals surface area contributed by atoms with Gasteiger partial charge in [-0.15, -0.1) is 0 Å². The maximum Gasteiger partial charge on any atom is 0.237 e. The fourth-order valence-corrected chi connectivity index (χ4v) is 2.33. The predicted octanol–water partition coefficient (Wildman–Crippen LogP) is 1.79. The molecule has 0 spiro atoms. The van der Waals surface area contributed by atoms with Gasteiger partial charge >= 0.3 is 0 Å². The molecule has 1 aromatic carbocycles. The number of nitrogens with zero attached hydrogens (tertiary/aromatic N) is 1. The Bertz CT molecular complexity index is 364. The zero-order chi connectivity index (χ0) is 12.1. The summed E-state index contributed by atoms with van der Waals surface area (Å²) in [5.74, 6) is 0.181. The molecule has 17 heavy (non-hydrogen) atoms. The molecule has 1 heterocycles. The summed E-state index contributed by atoms with van der Waals surface area (Å²) in [6.45, 7) is 1.66.